The summed E-state index contributed by atoms with van der Waals surface area (Å²) in [6.45, 7) is 5.64. The lowest BCUT2D eigenvalue weighted by atomic mass is 10.0. The molecule has 0 aliphatic rings. The van der Waals surface area contributed by atoms with Gasteiger partial charge >= 0.3 is 5.97 Å². The molecule has 138 valence electrons. The molecule has 1 amide bonds. The zero-order chi connectivity index (χ0) is 19.3. The van der Waals surface area contributed by atoms with E-state index in [4.69, 9.17) is 9.47 Å². The van der Waals surface area contributed by atoms with Crippen LogP contribution in [0.4, 0.5) is 5.69 Å². The van der Waals surface area contributed by atoms with Crippen molar-refractivity contribution in [3.8, 4) is 11.5 Å². The summed E-state index contributed by atoms with van der Waals surface area (Å²) in [6, 6.07) is 11.7. The molecule has 0 unspecified atom stereocenters. The number of carbonyl (C=O) groups excluding carboxylic acids is 2. The molecule has 2 rings (SSSR count). The summed E-state index contributed by atoms with van der Waals surface area (Å²) < 4.78 is 10.1. The molecule has 0 radical (unpaired) electrons. The molecule has 0 aliphatic carbocycles. The van der Waals surface area contributed by atoms with Crippen molar-refractivity contribution in [3.05, 3.63) is 53.6 Å². The molecule has 0 saturated heterocycles. The molecule has 2 aromatic carbocycles. The number of methoxy groups -OCH3 is 1. The topological polar surface area (TPSA) is 84.9 Å². The lowest BCUT2D eigenvalue weighted by Crippen LogP contribution is -2.30. The van der Waals surface area contributed by atoms with E-state index in [9.17, 15) is 14.7 Å². The maximum atomic E-state index is 12.2. The monoisotopic (exact) mass is 357 g/mol. The number of anilines is 1. The predicted molar refractivity (Wildman–Crippen MR) is 98.7 cm³/mol. The van der Waals surface area contributed by atoms with Crippen LogP contribution in [-0.4, -0.2) is 30.2 Å². The fourth-order valence-electron chi connectivity index (χ4n) is 2.28. The van der Waals surface area contributed by atoms with E-state index in [0.29, 0.717) is 17.4 Å². The Labute approximate surface area is 152 Å². The first kappa shape index (κ1) is 19.3. The molecule has 2 aromatic rings. The van der Waals surface area contributed by atoms with Gasteiger partial charge in [-0.3, -0.25) is 4.79 Å². The summed E-state index contributed by atoms with van der Waals surface area (Å²) in [5.41, 5.74) is 1.75. The maximum Gasteiger partial charge on any atom is 0.342 e. The number of amides is 1. The Hall–Kier alpha value is -3.02. The highest BCUT2D eigenvalue weighted by atomic mass is 16.5. The normalized spacial score (nSPS) is 11.7. The van der Waals surface area contributed by atoms with Crippen molar-refractivity contribution in [3.63, 3.8) is 0 Å². The number of esters is 1. The molecular formula is C20H23NO5. The van der Waals surface area contributed by atoms with Crippen molar-refractivity contribution in [1.29, 1.82) is 0 Å². The molecular weight excluding hydrogens is 334 g/mol. The molecule has 0 heterocycles. The van der Waals surface area contributed by atoms with Gasteiger partial charge in [0.05, 0.1) is 7.11 Å². The van der Waals surface area contributed by atoms with Crippen LogP contribution in [-0.2, 0) is 9.53 Å². The molecule has 0 bridgehead atoms. The Morgan fingerprint density at radius 2 is 1.69 bits per heavy atom. The van der Waals surface area contributed by atoms with Crippen molar-refractivity contribution in [2.24, 2.45) is 0 Å². The molecule has 2 N–H and O–H groups in total. The fraction of sp³-hybridized carbons (Fsp3) is 0.300. The minimum atomic E-state index is -1.02. The number of carbonyl (C=O) groups is 2. The number of ether oxygens (including phenoxy) is 2. The van der Waals surface area contributed by atoms with Gasteiger partial charge in [-0.25, -0.2) is 4.79 Å². The van der Waals surface area contributed by atoms with Gasteiger partial charge in [0, 0.05) is 11.8 Å². The molecule has 6 nitrogen and oxygen atoms in total. The van der Waals surface area contributed by atoms with Gasteiger partial charge in [-0.2, -0.15) is 0 Å². The summed E-state index contributed by atoms with van der Waals surface area (Å²) in [5, 5.41) is 12.6. The zero-order valence-electron chi connectivity index (χ0n) is 15.3. The third-order valence-electron chi connectivity index (χ3n) is 3.92. The Kier molecular flexibility index (Phi) is 6.22. The van der Waals surface area contributed by atoms with Gasteiger partial charge in [0.25, 0.3) is 5.91 Å². The van der Waals surface area contributed by atoms with Crippen molar-refractivity contribution in [2.75, 3.05) is 12.4 Å². The van der Waals surface area contributed by atoms with Gasteiger partial charge in [0.15, 0.2) is 6.10 Å². The predicted octanol–water partition coefficient (Wildman–Crippen LogP) is 3.71. The molecule has 1 atom stereocenters. The third kappa shape index (κ3) is 4.75. The van der Waals surface area contributed by atoms with Crippen molar-refractivity contribution < 1.29 is 24.2 Å². The number of phenolic OH excluding ortho intramolecular Hbond substituents is 1. The van der Waals surface area contributed by atoms with Crippen LogP contribution in [0, 0.1) is 0 Å². The van der Waals surface area contributed by atoms with E-state index in [1.54, 1.807) is 12.1 Å². The average Bonchev–Trinajstić information content (AvgIpc) is 2.61. The maximum absolute atomic E-state index is 12.2. The van der Waals surface area contributed by atoms with Crippen molar-refractivity contribution in [2.45, 2.75) is 32.8 Å². The highest BCUT2D eigenvalue weighted by Crippen LogP contribution is 2.24. The molecule has 6 heteroatoms. The number of hydrogen-bond donors (Lipinski definition) is 2. The van der Waals surface area contributed by atoms with Gasteiger partial charge < -0.3 is 19.9 Å². The summed E-state index contributed by atoms with van der Waals surface area (Å²) in [5.74, 6) is -0.704. The summed E-state index contributed by atoms with van der Waals surface area (Å²) in [6.07, 6.45) is -1.02. The summed E-state index contributed by atoms with van der Waals surface area (Å²) in [4.78, 5) is 24.4. The molecule has 0 aromatic heterocycles. The van der Waals surface area contributed by atoms with Crippen LogP contribution in [0.1, 0.15) is 42.6 Å². The number of nitrogens with one attached hydrogen (secondary N) is 1. The first-order chi connectivity index (χ1) is 12.3. The molecule has 0 fully saturated rings. The standard InChI is InChI=1S/C20H23NO5/c1-12(2)14-5-7-15(8-6-14)21-19(23)13(3)26-20(24)17-10-9-16(25-4)11-18(17)22/h5-13,22H,1-4H3,(H,21,23)/t13-/m0/s1. The van der Waals surface area contributed by atoms with Gasteiger partial charge in [-0.05, 0) is 42.7 Å². The molecule has 0 aliphatic heterocycles. The third-order valence-corrected chi connectivity index (χ3v) is 3.92. The van der Waals surface area contributed by atoms with Gasteiger partial charge in [-0.15, -0.1) is 0 Å². The van der Waals surface area contributed by atoms with Crippen LogP contribution in [0.3, 0.4) is 0 Å². The second kappa shape index (κ2) is 8.38. The highest BCUT2D eigenvalue weighted by molar-refractivity contribution is 5.98. The van der Waals surface area contributed by atoms with Gasteiger partial charge in [-0.1, -0.05) is 26.0 Å². The SMILES string of the molecule is COc1ccc(C(=O)O[C@@H](C)C(=O)Nc2ccc(C(C)C)cc2)c(O)c1. The van der Waals surface area contributed by atoms with Crippen LogP contribution in [0.25, 0.3) is 0 Å². The smallest absolute Gasteiger partial charge is 0.342 e. The Morgan fingerprint density at radius 3 is 2.23 bits per heavy atom. The summed E-state index contributed by atoms with van der Waals surface area (Å²) >= 11 is 0. The lowest BCUT2D eigenvalue weighted by Gasteiger charge is -2.15. The lowest BCUT2D eigenvalue weighted by molar-refractivity contribution is -0.123. The van der Waals surface area contributed by atoms with E-state index in [0.717, 1.165) is 5.56 Å². The van der Waals surface area contributed by atoms with E-state index >= 15 is 0 Å². The Morgan fingerprint density at radius 1 is 1.04 bits per heavy atom. The van der Waals surface area contributed by atoms with E-state index in [1.165, 1.54) is 32.2 Å². The fourth-order valence-corrected chi connectivity index (χ4v) is 2.28. The van der Waals surface area contributed by atoms with Gasteiger partial charge in [0.2, 0.25) is 0 Å². The van der Waals surface area contributed by atoms with Crippen molar-refractivity contribution >= 4 is 17.6 Å². The number of benzene rings is 2. The molecule has 0 spiro atoms. The largest absolute Gasteiger partial charge is 0.507 e. The molecule has 26 heavy (non-hydrogen) atoms. The first-order valence-electron chi connectivity index (χ1n) is 8.30. The minimum Gasteiger partial charge on any atom is -0.507 e. The number of hydrogen-bond acceptors (Lipinski definition) is 5. The minimum absolute atomic E-state index is 0.0354. The van der Waals surface area contributed by atoms with E-state index in [-0.39, 0.29) is 11.3 Å². The number of aromatic hydroxyl groups is 1. The van der Waals surface area contributed by atoms with Crippen LogP contribution in [0.15, 0.2) is 42.5 Å². The van der Waals surface area contributed by atoms with Crippen molar-refractivity contribution in [1.82, 2.24) is 0 Å². The number of phenols is 1. The zero-order valence-corrected chi connectivity index (χ0v) is 15.3. The van der Waals surface area contributed by atoms with Crippen LogP contribution in [0.2, 0.25) is 0 Å². The molecule has 0 saturated carbocycles. The van der Waals surface area contributed by atoms with Crippen LogP contribution < -0.4 is 10.1 Å². The van der Waals surface area contributed by atoms with E-state index in [1.807, 2.05) is 12.1 Å². The highest BCUT2D eigenvalue weighted by Gasteiger charge is 2.21. The first-order valence-corrected chi connectivity index (χ1v) is 8.30. The second-order valence-corrected chi connectivity index (χ2v) is 6.20. The Balaban J connectivity index is 1.98. The van der Waals surface area contributed by atoms with E-state index in [2.05, 4.69) is 19.2 Å². The average molecular weight is 357 g/mol. The second-order valence-electron chi connectivity index (χ2n) is 6.20. The summed E-state index contributed by atoms with van der Waals surface area (Å²) in [7, 11) is 1.45. The quantitative estimate of drug-likeness (QED) is 0.770. The van der Waals surface area contributed by atoms with Crippen LogP contribution >= 0.6 is 0 Å². The Bertz CT molecular complexity index is 783. The van der Waals surface area contributed by atoms with Crippen LogP contribution in [0.5, 0.6) is 11.5 Å². The van der Waals surface area contributed by atoms with E-state index < -0.39 is 18.0 Å². The number of rotatable bonds is 6. The van der Waals surface area contributed by atoms with Gasteiger partial charge in [0.1, 0.15) is 17.1 Å².